The summed E-state index contributed by atoms with van der Waals surface area (Å²) >= 11 is 0. The van der Waals surface area contributed by atoms with Gasteiger partial charge < -0.3 is 14.2 Å². The molecule has 5 heteroatoms. The Bertz CT molecular complexity index is 1280. The number of rotatable bonds is 7. The molecule has 0 atom stereocenters. The first-order valence-electron chi connectivity index (χ1n) is 11.2. The first-order valence-corrected chi connectivity index (χ1v) is 14.6. The highest BCUT2D eigenvalue weighted by molar-refractivity contribution is 7.82. The van der Waals surface area contributed by atoms with Crippen molar-refractivity contribution >= 4 is 35.5 Å². The van der Waals surface area contributed by atoms with Crippen molar-refractivity contribution in [2.75, 3.05) is 0 Å². The van der Waals surface area contributed by atoms with E-state index in [-0.39, 0.29) is 5.50 Å². The van der Waals surface area contributed by atoms with Crippen LogP contribution >= 0.6 is 14.3 Å². The predicted octanol–water partition coefficient (Wildman–Crippen LogP) is 6.19. The van der Waals surface area contributed by atoms with Crippen molar-refractivity contribution in [2.24, 2.45) is 0 Å². The van der Waals surface area contributed by atoms with E-state index in [1.807, 2.05) is 111 Å². The molecule has 0 saturated carbocycles. The fourth-order valence-corrected chi connectivity index (χ4v) is 10.0. The maximum Gasteiger partial charge on any atom is 0.203 e. The van der Waals surface area contributed by atoms with Gasteiger partial charge >= 0.3 is 0 Å². The smallest absolute Gasteiger partial charge is 0.203 e. The second kappa shape index (κ2) is 9.63. The SMILES string of the molecule is CC(C)(C=C(O)P(=O)(c1ccccc1)c1ccccc1)P(=O)(c1ccccc1)c1ccccc1. The lowest BCUT2D eigenvalue weighted by Crippen LogP contribution is -2.32. The second-order valence-electron chi connectivity index (χ2n) is 8.72. The Morgan fingerprint density at radius 1 is 0.588 bits per heavy atom. The van der Waals surface area contributed by atoms with Gasteiger partial charge in [-0.15, -0.1) is 0 Å². The van der Waals surface area contributed by atoms with E-state index in [1.54, 1.807) is 30.3 Å². The van der Waals surface area contributed by atoms with Gasteiger partial charge in [-0.25, -0.2) is 0 Å². The molecule has 0 aliphatic carbocycles. The topological polar surface area (TPSA) is 54.4 Å². The van der Waals surface area contributed by atoms with Crippen molar-refractivity contribution in [2.45, 2.75) is 19.0 Å². The monoisotopic (exact) mass is 486 g/mol. The molecular weight excluding hydrogens is 458 g/mol. The average Bonchev–Trinajstić information content (AvgIpc) is 2.89. The Balaban J connectivity index is 1.94. The van der Waals surface area contributed by atoms with Crippen LogP contribution in [0.1, 0.15) is 13.8 Å². The fourth-order valence-electron chi connectivity index (χ4n) is 4.28. The molecular formula is C29H28O3P2. The molecule has 3 nitrogen and oxygen atoms in total. The summed E-state index contributed by atoms with van der Waals surface area (Å²) in [5.74, 6) is 0. The number of benzene rings is 4. The average molecular weight is 486 g/mol. The van der Waals surface area contributed by atoms with E-state index in [2.05, 4.69) is 0 Å². The first kappa shape index (κ1) is 24.0. The van der Waals surface area contributed by atoms with E-state index in [9.17, 15) is 14.2 Å². The molecule has 0 fully saturated rings. The summed E-state index contributed by atoms with van der Waals surface area (Å²) in [7, 11) is -6.86. The maximum absolute atomic E-state index is 14.9. The molecule has 0 spiro atoms. The van der Waals surface area contributed by atoms with Gasteiger partial charge in [-0.05, 0) is 19.9 Å². The van der Waals surface area contributed by atoms with Crippen LogP contribution in [-0.2, 0) is 9.13 Å². The minimum Gasteiger partial charge on any atom is -0.504 e. The van der Waals surface area contributed by atoms with Gasteiger partial charge in [0.1, 0.15) is 0 Å². The normalized spacial score (nSPS) is 12.9. The lowest BCUT2D eigenvalue weighted by atomic mass is 10.2. The zero-order valence-electron chi connectivity index (χ0n) is 19.3. The summed E-state index contributed by atoms with van der Waals surface area (Å²) in [6, 6.07) is 36.6. The van der Waals surface area contributed by atoms with Crippen molar-refractivity contribution < 1.29 is 14.2 Å². The lowest BCUT2D eigenvalue weighted by molar-refractivity contribution is 0.437. The fraction of sp³-hybridized carbons (Fsp3) is 0.103. The van der Waals surface area contributed by atoms with E-state index >= 15 is 0 Å². The number of aliphatic hydroxyl groups is 1. The zero-order valence-corrected chi connectivity index (χ0v) is 21.1. The van der Waals surface area contributed by atoms with Gasteiger partial charge in [0.05, 0.1) is 0 Å². The summed E-state index contributed by atoms with van der Waals surface area (Å²) in [4.78, 5) is 0. The van der Waals surface area contributed by atoms with Crippen molar-refractivity contribution in [3.05, 3.63) is 133 Å². The Labute approximate surface area is 201 Å². The highest BCUT2D eigenvalue weighted by Gasteiger charge is 2.44. The maximum atomic E-state index is 14.9. The second-order valence-corrected chi connectivity index (χ2v) is 14.8. The Morgan fingerprint density at radius 2 is 0.882 bits per heavy atom. The van der Waals surface area contributed by atoms with Crippen LogP contribution < -0.4 is 21.2 Å². The van der Waals surface area contributed by atoms with Crippen LogP contribution in [0, 0.1) is 0 Å². The van der Waals surface area contributed by atoms with E-state index in [0.29, 0.717) is 21.2 Å². The highest BCUT2D eigenvalue weighted by atomic mass is 31.2. The Hall–Kier alpha value is -3.12. The van der Waals surface area contributed by atoms with Gasteiger partial charge in [0, 0.05) is 26.4 Å². The van der Waals surface area contributed by atoms with Crippen LogP contribution in [0.2, 0.25) is 0 Å². The number of hydrogen-bond acceptors (Lipinski definition) is 3. The summed E-state index contributed by atoms with van der Waals surface area (Å²) < 4.78 is 29.5. The molecule has 0 radical (unpaired) electrons. The van der Waals surface area contributed by atoms with Crippen molar-refractivity contribution in [3.63, 3.8) is 0 Å². The van der Waals surface area contributed by atoms with Gasteiger partial charge in [0.15, 0.2) is 12.6 Å². The Morgan fingerprint density at radius 3 is 1.21 bits per heavy atom. The largest absolute Gasteiger partial charge is 0.504 e. The Kier molecular flexibility index (Phi) is 6.80. The molecule has 0 aliphatic heterocycles. The summed E-state index contributed by atoms with van der Waals surface area (Å²) in [6.07, 6.45) is 1.55. The highest BCUT2D eigenvalue weighted by Crippen LogP contribution is 2.59. The third-order valence-corrected chi connectivity index (χ3v) is 12.7. The van der Waals surface area contributed by atoms with E-state index in [0.717, 1.165) is 0 Å². The van der Waals surface area contributed by atoms with Gasteiger partial charge in [0.2, 0.25) is 7.14 Å². The van der Waals surface area contributed by atoms with Crippen molar-refractivity contribution in [1.29, 1.82) is 0 Å². The minimum absolute atomic E-state index is 0.262. The molecule has 0 aromatic heterocycles. The molecule has 0 bridgehead atoms. The lowest BCUT2D eigenvalue weighted by Gasteiger charge is -2.34. The molecule has 0 aliphatic rings. The zero-order chi connectivity index (χ0) is 24.2. The van der Waals surface area contributed by atoms with Crippen molar-refractivity contribution in [3.8, 4) is 0 Å². The van der Waals surface area contributed by atoms with Gasteiger partial charge in [0.25, 0.3) is 0 Å². The van der Waals surface area contributed by atoms with Crippen LogP contribution in [0.3, 0.4) is 0 Å². The molecule has 0 heterocycles. The molecule has 4 aromatic rings. The van der Waals surface area contributed by atoms with Crippen LogP contribution in [0.15, 0.2) is 133 Å². The molecule has 4 rings (SSSR count). The minimum atomic E-state index is -3.57. The van der Waals surface area contributed by atoms with Gasteiger partial charge in [-0.2, -0.15) is 0 Å². The van der Waals surface area contributed by atoms with E-state index < -0.39 is 19.4 Å². The van der Waals surface area contributed by atoms with Crippen LogP contribution in [0.4, 0.5) is 0 Å². The summed E-state index contributed by atoms with van der Waals surface area (Å²) in [5.41, 5.74) is -0.262. The summed E-state index contributed by atoms with van der Waals surface area (Å²) in [6.45, 7) is 3.68. The van der Waals surface area contributed by atoms with Crippen molar-refractivity contribution in [1.82, 2.24) is 0 Å². The molecule has 172 valence electrons. The standard InChI is InChI=1S/C29H28O3P2/c1-29(2,34(32,26-19-11-5-12-20-26)27-21-13-6-14-22-27)23-28(30)33(31,24-15-7-3-8-16-24)25-17-9-4-10-18-25/h3-23,30H,1-2H3. The molecule has 4 aromatic carbocycles. The van der Waals surface area contributed by atoms with E-state index in [4.69, 9.17) is 0 Å². The summed E-state index contributed by atoms with van der Waals surface area (Å²) in [5, 5.41) is 12.9. The predicted molar refractivity (Wildman–Crippen MR) is 144 cm³/mol. The van der Waals surface area contributed by atoms with Crippen LogP contribution in [0.25, 0.3) is 0 Å². The quantitative estimate of drug-likeness (QED) is 0.250. The molecule has 0 amide bonds. The number of allylic oxidation sites excluding steroid dienone is 1. The molecule has 0 saturated heterocycles. The molecule has 1 N–H and O–H groups in total. The van der Waals surface area contributed by atoms with Gasteiger partial charge in [-0.3, -0.25) is 0 Å². The van der Waals surface area contributed by atoms with Gasteiger partial charge in [-0.1, -0.05) is 121 Å². The number of aliphatic hydroxyl groups excluding tert-OH is 1. The van der Waals surface area contributed by atoms with Crippen LogP contribution in [-0.4, -0.2) is 10.3 Å². The third kappa shape index (κ3) is 4.23. The first-order chi connectivity index (χ1) is 16.3. The van der Waals surface area contributed by atoms with E-state index in [1.165, 1.54) is 0 Å². The third-order valence-electron chi connectivity index (χ3n) is 6.10. The molecule has 0 unspecified atom stereocenters. The number of hydrogen-bond donors (Lipinski definition) is 1. The van der Waals surface area contributed by atoms with Crippen LogP contribution in [0.5, 0.6) is 0 Å². The molecule has 34 heavy (non-hydrogen) atoms.